The van der Waals surface area contributed by atoms with Crippen LogP contribution in [0.3, 0.4) is 0 Å². The van der Waals surface area contributed by atoms with Crippen molar-refractivity contribution in [2.24, 2.45) is 0 Å². The minimum atomic E-state index is -0.460. The molecule has 1 aromatic carbocycles. The maximum atomic E-state index is 12.9. The minimum absolute atomic E-state index is 0.251. The van der Waals surface area contributed by atoms with Gasteiger partial charge in [-0.3, -0.25) is 0 Å². The Labute approximate surface area is 124 Å². The lowest BCUT2D eigenvalue weighted by molar-refractivity contribution is -0.131. The number of urea groups is 1. The van der Waals surface area contributed by atoms with Crippen LogP contribution in [0.5, 0.6) is 0 Å². The number of halogens is 1. The molecule has 0 aliphatic rings. The molecule has 0 spiro atoms. The zero-order valence-corrected chi connectivity index (χ0v) is 12.3. The lowest BCUT2D eigenvalue weighted by atomic mass is 10.2. The summed E-state index contributed by atoms with van der Waals surface area (Å²) < 4.78 is 23.5. The first-order valence-electron chi connectivity index (χ1n) is 6.85. The van der Waals surface area contributed by atoms with E-state index in [4.69, 9.17) is 9.47 Å². The van der Waals surface area contributed by atoms with Gasteiger partial charge in [-0.2, -0.15) is 0 Å². The molecule has 0 aliphatic heterocycles. The second-order valence-electron chi connectivity index (χ2n) is 4.08. The molecule has 0 fully saturated rings. The number of carbonyl (C=O) groups excluding carboxylic acids is 1. The summed E-state index contributed by atoms with van der Waals surface area (Å²) in [7, 11) is 0. The van der Waals surface area contributed by atoms with Gasteiger partial charge in [-0.25, -0.2) is 9.18 Å². The van der Waals surface area contributed by atoms with Crippen molar-refractivity contribution in [3.8, 4) is 0 Å². The molecule has 2 amide bonds. The van der Waals surface area contributed by atoms with Crippen LogP contribution in [0.15, 0.2) is 30.5 Å². The van der Waals surface area contributed by atoms with Gasteiger partial charge in [-0.05, 0) is 37.6 Å². The summed E-state index contributed by atoms with van der Waals surface area (Å²) in [5.74, 6) is -0.321. The molecule has 0 atom stereocenters. The second-order valence-corrected chi connectivity index (χ2v) is 4.08. The van der Waals surface area contributed by atoms with Gasteiger partial charge < -0.3 is 20.1 Å². The second kappa shape index (κ2) is 9.90. The number of nitrogens with one attached hydrogen (secondary N) is 2. The van der Waals surface area contributed by atoms with Gasteiger partial charge >= 0.3 is 6.03 Å². The number of hydrogen-bond acceptors (Lipinski definition) is 3. The van der Waals surface area contributed by atoms with E-state index in [1.54, 1.807) is 18.2 Å². The molecule has 21 heavy (non-hydrogen) atoms. The summed E-state index contributed by atoms with van der Waals surface area (Å²) in [6.07, 6.45) is 2.59. The Balaban J connectivity index is 2.33. The number of rotatable bonds is 8. The quantitative estimate of drug-likeness (QED) is 0.725. The molecule has 0 heterocycles. The SMILES string of the molecule is CCOC(CNC(=O)N/C=C/c1cccc(F)c1)OCC. The Morgan fingerprint density at radius 1 is 1.33 bits per heavy atom. The van der Waals surface area contributed by atoms with Crippen LogP contribution < -0.4 is 10.6 Å². The fourth-order valence-corrected chi connectivity index (χ4v) is 1.59. The number of benzene rings is 1. The zero-order valence-electron chi connectivity index (χ0n) is 12.3. The predicted octanol–water partition coefficient (Wildman–Crippen LogP) is 2.49. The minimum Gasteiger partial charge on any atom is -0.351 e. The van der Waals surface area contributed by atoms with E-state index in [0.29, 0.717) is 18.8 Å². The highest BCUT2D eigenvalue weighted by Gasteiger charge is 2.08. The molecule has 0 aromatic heterocycles. The van der Waals surface area contributed by atoms with Crippen molar-refractivity contribution in [1.82, 2.24) is 10.6 Å². The topological polar surface area (TPSA) is 59.6 Å². The summed E-state index contributed by atoms with van der Waals surface area (Å²) in [6, 6.07) is 5.69. The van der Waals surface area contributed by atoms with Crippen molar-refractivity contribution < 1.29 is 18.7 Å². The molecule has 1 rings (SSSR count). The van der Waals surface area contributed by atoms with Gasteiger partial charge in [0.05, 0.1) is 6.54 Å². The van der Waals surface area contributed by atoms with E-state index in [1.165, 1.54) is 18.3 Å². The van der Waals surface area contributed by atoms with E-state index in [9.17, 15) is 9.18 Å². The molecular formula is C15H21FN2O3. The smallest absolute Gasteiger partial charge is 0.318 e. The molecule has 0 saturated carbocycles. The van der Waals surface area contributed by atoms with Crippen LogP contribution in [0, 0.1) is 5.82 Å². The van der Waals surface area contributed by atoms with Crippen molar-refractivity contribution in [1.29, 1.82) is 0 Å². The zero-order chi connectivity index (χ0) is 15.5. The standard InChI is InChI=1S/C15H21FN2O3/c1-3-20-14(21-4-2)11-18-15(19)17-9-8-12-6-5-7-13(16)10-12/h5-10,14H,3-4,11H2,1-2H3,(H2,17,18,19)/b9-8+. The normalized spacial score (nSPS) is 11.0. The third kappa shape index (κ3) is 7.43. The van der Waals surface area contributed by atoms with E-state index >= 15 is 0 Å². The summed E-state index contributed by atoms with van der Waals surface area (Å²) >= 11 is 0. The van der Waals surface area contributed by atoms with Gasteiger partial charge in [-0.1, -0.05) is 12.1 Å². The van der Waals surface area contributed by atoms with Gasteiger partial charge in [0.15, 0.2) is 6.29 Å². The Morgan fingerprint density at radius 2 is 2.05 bits per heavy atom. The van der Waals surface area contributed by atoms with Crippen LogP contribution in [0.4, 0.5) is 9.18 Å². The summed E-state index contributed by atoms with van der Waals surface area (Å²) in [5, 5.41) is 5.15. The molecule has 0 radical (unpaired) electrons. The fourth-order valence-electron chi connectivity index (χ4n) is 1.59. The van der Waals surface area contributed by atoms with Crippen LogP contribution in [-0.4, -0.2) is 32.1 Å². The maximum absolute atomic E-state index is 12.9. The van der Waals surface area contributed by atoms with Gasteiger partial charge in [0.25, 0.3) is 0 Å². The van der Waals surface area contributed by atoms with Crippen molar-refractivity contribution >= 4 is 12.1 Å². The van der Waals surface area contributed by atoms with E-state index in [0.717, 1.165) is 0 Å². The summed E-state index contributed by atoms with van der Waals surface area (Å²) in [4.78, 5) is 11.6. The highest BCUT2D eigenvalue weighted by Crippen LogP contribution is 2.04. The van der Waals surface area contributed by atoms with Crippen LogP contribution in [0.1, 0.15) is 19.4 Å². The highest BCUT2D eigenvalue weighted by molar-refractivity contribution is 5.75. The van der Waals surface area contributed by atoms with Crippen LogP contribution >= 0.6 is 0 Å². The lowest BCUT2D eigenvalue weighted by Gasteiger charge is -2.17. The monoisotopic (exact) mass is 296 g/mol. The van der Waals surface area contributed by atoms with Crippen LogP contribution in [0.2, 0.25) is 0 Å². The molecule has 6 heteroatoms. The highest BCUT2D eigenvalue weighted by atomic mass is 19.1. The number of amides is 2. The molecule has 1 aromatic rings. The maximum Gasteiger partial charge on any atom is 0.318 e. The molecule has 0 bridgehead atoms. The van der Waals surface area contributed by atoms with E-state index in [-0.39, 0.29) is 18.4 Å². The molecule has 5 nitrogen and oxygen atoms in total. The molecule has 116 valence electrons. The molecule has 2 N–H and O–H groups in total. The first-order valence-corrected chi connectivity index (χ1v) is 6.85. The van der Waals surface area contributed by atoms with E-state index in [1.807, 2.05) is 13.8 Å². The Bertz CT molecular complexity index is 460. The third-order valence-corrected chi connectivity index (χ3v) is 2.47. The van der Waals surface area contributed by atoms with Crippen molar-refractivity contribution in [2.75, 3.05) is 19.8 Å². The average Bonchev–Trinajstić information content (AvgIpc) is 2.45. The van der Waals surface area contributed by atoms with Crippen LogP contribution in [0.25, 0.3) is 6.08 Å². The third-order valence-electron chi connectivity index (χ3n) is 2.47. The Morgan fingerprint density at radius 3 is 2.67 bits per heavy atom. The Kier molecular flexibility index (Phi) is 8.08. The average molecular weight is 296 g/mol. The number of ether oxygens (including phenoxy) is 2. The summed E-state index contributed by atoms with van der Waals surface area (Å²) in [6.45, 7) is 4.98. The molecule has 0 saturated heterocycles. The van der Waals surface area contributed by atoms with Crippen LogP contribution in [-0.2, 0) is 9.47 Å². The molecular weight excluding hydrogens is 275 g/mol. The molecule has 0 aliphatic carbocycles. The van der Waals surface area contributed by atoms with Crippen molar-refractivity contribution in [3.63, 3.8) is 0 Å². The fraction of sp³-hybridized carbons (Fsp3) is 0.400. The van der Waals surface area contributed by atoms with Gasteiger partial charge in [0, 0.05) is 19.4 Å². The summed E-state index contributed by atoms with van der Waals surface area (Å²) in [5.41, 5.74) is 0.664. The first-order chi connectivity index (χ1) is 10.2. The number of carbonyl (C=O) groups is 1. The van der Waals surface area contributed by atoms with Gasteiger partial charge in [0.2, 0.25) is 0 Å². The predicted molar refractivity (Wildman–Crippen MR) is 79.0 cm³/mol. The number of hydrogen-bond donors (Lipinski definition) is 2. The van der Waals surface area contributed by atoms with E-state index in [2.05, 4.69) is 10.6 Å². The van der Waals surface area contributed by atoms with E-state index < -0.39 is 6.29 Å². The molecule has 0 unspecified atom stereocenters. The largest absolute Gasteiger partial charge is 0.351 e. The van der Waals surface area contributed by atoms with Crippen molar-refractivity contribution in [3.05, 3.63) is 41.8 Å². The van der Waals surface area contributed by atoms with Gasteiger partial charge in [-0.15, -0.1) is 0 Å². The first kappa shape index (κ1) is 17.1. The Hall–Kier alpha value is -1.92. The van der Waals surface area contributed by atoms with Crippen molar-refractivity contribution in [2.45, 2.75) is 20.1 Å². The van der Waals surface area contributed by atoms with Gasteiger partial charge in [0.1, 0.15) is 5.82 Å². The lowest BCUT2D eigenvalue weighted by Crippen LogP contribution is -2.39.